The summed E-state index contributed by atoms with van der Waals surface area (Å²) >= 11 is 7.39. The average Bonchev–Trinajstić information content (AvgIpc) is 2.94. The average molecular weight is 346 g/mol. The summed E-state index contributed by atoms with van der Waals surface area (Å²) in [5.41, 5.74) is 6.62. The fourth-order valence-electron chi connectivity index (χ4n) is 1.83. The molecule has 0 aliphatic carbocycles. The number of benzene rings is 1. The number of rotatable bonds is 5. The molecule has 0 spiro atoms. The van der Waals surface area contributed by atoms with Crippen LogP contribution in [-0.2, 0) is 10.0 Å². The molecule has 1 atom stereocenters. The number of nitrogen functional groups attached to an aromatic ring is 1. The van der Waals surface area contributed by atoms with E-state index in [4.69, 9.17) is 17.3 Å². The van der Waals surface area contributed by atoms with Gasteiger partial charge in [0.05, 0.1) is 9.90 Å². The lowest BCUT2D eigenvalue weighted by Gasteiger charge is -2.14. The summed E-state index contributed by atoms with van der Waals surface area (Å²) in [7, 11) is -3.66. The third kappa shape index (κ3) is 3.74. The standard InChI is InChI=1S/C13H16ClN3O2S2/c1-8(13-16-3-4-20-13)7-17-21(18,19)12-6-10(14)5-11(15)9(12)2/h3-6,8,17H,7,15H2,1-2H3. The van der Waals surface area contributed by atoms with Crippen LogP contribution in [0.15, 0.2) is 28.6 Å². The zero-order valence-electron chi connectivity index (χ0n) is 11.6. The minimum absolute atomic E-state index is 0.00314. The first-order valence-corrected chi connectivity index (χ1v) is 9.00. The number of anilines is 1. The summed E-state index contributed by atoms with van der Waals surface area (Å²) in [4.78, 5) is 4.29. The van der Waals surface area contributed by atoms with Gasteiger partial charge in [0.1, 0.15) is 0 Å². The predicted octanol–water partition coefficient (Wildman–Crippen LogP) is 2.77. The first-order chi connectivity index (χ1) is 9.81. The number of aromatic nitrogens is 1. The van der Waals surface area contributed by atoms with E-state index in [9.17, 15) is 8.42 Å². The summed E-state index contributed by atoms with van der Waals surface area (Å²) in [6.45, 7) is 3.84. The molecule has 8 heteroatoms. The maximum absolute atomic E-state index is 12.4. The van der Waals surface area contributed by atoms with Crippen molar-refractivity contribution < 1.29 is 8.42 Å². The maximum Gasteiger partial charge on any atom is 0.240 e. The van der Waals surface area contributed by atoms with Crippen molar-refractivity contribution in [3.05, 3.63) is 39.3 Å². The number of nitrogens with two attached hydrogens (primary N) is 1. The zero-order valence-corrected chi connectivity index (χ0v) is 14.0. The fraction of sp³-hybridized carbons (Fsp3) is 0.308. The molecule has 1 heterocycles. The van der Waals surface area contributed by atoms with Crippen LogP contribution >= 0.6 is 22.9 Å². The lowest BCUT2D eigenvalue weighted by Crippen LogP contribution is -2.28. The minimum Gasteiger partial charge on any atom is -0.398 e. The number of nitrogens with one attached hydrogen (secondary N) is 1. The van der Waals surface area contributed by atoms with Crippen molar-refractivity contribution >= 4 is 38.6 Å². The van der Waals surface area contributed by atoms with Crippen molar-refractivity contribution in [2.45, 2.75) is 24.7 Å². The van der Waals surface area contributed by atoms with Crippen molar-refractivity contribution in [2.24, 2.45) is 0 Å². The van der Waals surface area contributed by atoms with Gasteiger partial charge >= 0.3 is 0 Å². The first-order valence-electron chi connectivity index (χ1n) is 6.26. The number of hydrogen-bond acceptors (Lipinski definition) is 5. The van der Waals surface area contributed by atoms with Gasteiger partial charge in [-0.05, 0) is 24.6 Å². The van der Waals surface area contributed by atoms with Gasteiger partial charge in [-0.25, -0.2) is 18.1 Å². The van der Waals surface area contributed by atoms with Crippen LogP contribution in [0.3, 0.4) is 0 Å². The fourth-order valence-corrected chi connectivity index (χ4v) is 4.25. The minimum atomic E-state index is -3.66. The van der Waals surface area contributed by atoms with Crippen molar-refractivity contribution in [1.29, 1.82) is 0 Å². The Bertz CT molecular complexity index is 730. The molecular weight excluding hydrogens is 330 g/mol. The number of nitrogens with zero attached hydrogens (tertiary/aromatic N) is 1. The van der Waals surface area contributed by atoms with Crippen LogP contribution in [0.5, 0.6) is 0 Å². The third-order valence-electron chi connectivity index (χ3n) is 3.11. The van der Waals surface area contributed by atoms with Crippen molar-refractivity contribution in [3.8, 4) is 0 Å². The summed E-state index contributed by atoms with van der Waals surface area (Å²) in [5.74, 6) is -0.00314. The highest BCUT2D eigenvalue weighted by atomic mass is 35.5. The van der Waals surface area contributed by atoms with Crippen LogP contribution in [0.1, 0.15) is 23.4 Å². The van der Waals surface area contributed by atoms with E-state index >= 15 is 0 Å². The third-order valence-corrected chi connectivity index (χ3v) is 5.88. The Hall–Kier alpha value is -1.15. The number of thiazole rings is 1. The molecule has 114 valence electrons. The largest absolute Gasteiger partial charge is 0.398 e. The van der Waals surface area contributed by atoms with Gasteiger partial charge in [-0.1, -0.05) is 18.5 Å². The van der Waals surface area contributed by atoms with Crippen LogP contribution in [0.25, 0.3) is 0 Å². The smallest absolute Gasteiger partial charge is 0.240 e. The highest BCUT2D eigenvalue weighted by Crippen LogP contribution is 2.26. The molecule has 0 aliphatic rings. The van der Waals surface area contributed by atoms with E-state index in [-0.39, 0.29) is 17.4 Å². The number of hydrogen-bond donors (Lipinski definition) is 2. The van der Waals surface area contributed by atoms with Gasteiger partial charge in [-0.3, -0.25) is 0 Å². The predicted molar refractivity (Wildman–Crippen MR) is 86.3 cm³/mol. The summed E-state index contributed by atoms with van der Waals surface area (Å²) < 4.78 is 27.4. The molecule has 0 aliphatic heterocycles. The molecule has 0 saturated heterocycles. The SMILES string of the molecule is Cc1c(N)cc(Cl)cc1S(=O)(=O)NCC(C)c1nccs1. The molecule has 0 amide bonds. The molecule has 5 nitrogen and oxygen atoms in total. The molecular formula is C13H16ClN3O2S2. The summed E-state index contributed by atoms with van der Waals surface area (Å²) in [6, 6.07) is 2.94. The van der Waals surface area contributed by atoms with Gasteiger partial charge in [0, 0.05) is 34.7 Å². The normalized spacial score (nSPS) is 13.3. The number of halogens is 1. The second-order valence-corrected chi connectivity index (χ2v) is 7.84. The van der Waals surface area contributed by atoms with Gasteiger partial charge in [0.15, 0.2) is 0 Å². The Balaban J connectivity index is 2.19. The lowest BCUT2D eigenvalue weighted by molar-refractivity contribution is 0.574. The monoisotopic (exact) mass is 345 g/mol. The highest BCUT2D eigenvalue weighted by molar-refractivity contribution is 7.89. The van der Waals surface area contributed by atoms with Crippen LogP contribution in [-0.4, -0.2) is 19.9 Å². The van der Waals surface area contributed by atoms with E-state index < -0.39 is 10.0 Å². The quantitative estimate of drug-likeness (QED) is 0.816. The molecule has 0 bridgehead atoms. The Morgan fingerprint density at radius 1 is 1.48 bits per heavy atom. The van der Waals surface area contributed by atoms with Crippen molar-refractivity contribution in [3.63, 3.8) is 0 Å². The van der Waals surface area contributed by atoms with Gasteiger partial charge in [0.2, 0.25) is 10.0 Å². The van der Waals surface area contributed by atoms with Crippen molar-refractivity contribution in [2.75, 3.05) is 12.3 Å². The van der Waals surface area contributed by atoms with Gasteiger partial charge < -0.3 is 5.73 Å². The van der Waals surface area contributed by atoms with E-state index in [0.717, 1.165) is 5.01 Å². The molecule has 2 rings (SSSR count). The van der Waals surface area contributed by atoms with Crippen molar-refractivity contribution in [1.82, 2.24) is 9.71 Å². The van der Waals surface area contributed by atoms with E-state index in [1.165, 1.54) is 23.5 Å². The highest BCUT2D eigenvalue weighted by Gasteiger charge is 2.20. The van der Waals surface area contributed by atoms with Crippen LogP contribution in [0, 0.1) is 6.92 Å². The molecule has 0 saturated carbocycles. The second-order valence-electron chi connectivity index (χ2n) is 4.74. The lowest BCUT2D eigenvalue weighted by atomic mass is 10.2. The molecule has 0 fully saturated rings. The Morgan fingerprint density at radius 2 is 2.19 bits per heavy atom. The molecule has 2 aromatic rings. The van der Waals surface area contributed by atoms with E-state index in [1.807, 2.05) is 12.3 Å². The zero-order chi connectivity index (χ0) is 15.6. The van der Waals surface area contributed by atoms with Crippen LogP contribution < -0.4 is 10.5 Å². The molecule has 21 heavy (non-hydrogen) atoms. The Labute approximate surface area is 133 Å². The van der Waals surface area contributed by atoms with E-state index in [2.05, 4.69) is 9.71 Å². The topological polar surface area (TPSA) is 85.1 Å². The number of sulfonamides is 1. The molecule has 3 N–H and O–H groups in total. The first kappa shape index (κ1) is 16.2. The molecule has 1 unspecified atom stereocenters. The van der Waals surface area contributed by atoms with Crippen LogP contribution in [0.4, 0.5) is 5.69 Å². The molecule has 0 radical (unpaired) electrons. The second kappa shape index (κ2) is 6.31. The van der Waals surface area contributed by atoms with Crippen LogP contribution in [0.2, 0.25) is 5.02 Å². The molecule has 1 aromatic heterocycles. The summed E-state index contributed by atoms with van der Waals surface area (Å²) in [5, 5.41) is 3.05. The molecule has 1 aromatic carbocycles. The maximum atomic E-state index is 12.4. The Kier molecular flexibility index (Phi) is 4.88. The Morgan fingerprint density at radius 3 is 2.81 bits per heavy atom. The van der Waals surface area contributed by atoms with Gasteiger partial charge in [-0.2, -0.15) is 0 Å². The van der Waals surface area contributed by atoms with Gasteiger partial charge in [0.25, 0.3) is 0 Å². The van der Waals surface area contributed by atoms with Gasteiger partial charge in [-0.15, -0.1) is 11.3 Å². The van der Waals surface area contributed by atoms with E-state index in [1.54, 1.807) is 13.1 Å². The van der Waals surface area contributed by atoms with E-state index in [0.29, 0.717) is 16.3 Å². The summed E-state index contributed by atoms with van der Waals surface area (Å²) in [6.07, 6.45) is 1.70.